The van der Waals surface area contributed by atoms with Crippen molar-refractivity contribution >= 4 is 44.0 Å². The van der Waals surface area contributed by atoms with Crippen molar-refractivity contribution in [2.75, 3.05) is 23.3 Å². The number of aromatic amines is 1. The number of anilines is 2. The lowest BCUT2D eigenvalue weighted by Crippen LogP contribution is -2.19. The summed E-state index contributed by atoms with van der Waals surface area (Å²) >= 11 is 1.18. The number of H-pyrrole nitrogens is 1. The average Bonchev–Trinajstić information content (AvgIpc) is 3.54. The lowest BCUT2D eigenvalue weighted by Gasteiger charge is -2.19. The molecular formula is C23H19N5O6S2. The number of nitrogens with two attached hydrogens (primary N) is 1. The van der Waals surface area contributed by atoms with Crippen LogP contribution in [0, 0.1) is 0 Å². The van der Waals surface area contributed by atoms with E-state index in [0.717, 1.165) is 0 Å². The van der Waals surface area contributed by atoms with Crippen molar-refractivity contribution in [3.05, 3.63) is 71.4 Å². The zero-order valence-corrected chi connectivity index (χ0v) is 20.1. The van der Waals surface area contributed by atoms with E-state index in [1.807, 2.05) is 0 Å². The molecule has 5 rings (SSSR count). The molecule has 0 saturated heterocycles. The highest BCUT2D eigenvalue weighted by Gasteiger charge is 2.22. The Morgan fingerprint density at radius 3 is 2.61 bits per heavy atom. The van der Waals surface area contributed by atoms with Crippen LogP contribution in [0.15, 0.2) is 65.0 Å². The van der Waals surface area contributed by atoms with Crippen LogP contribution in [0.2, 0.25) is 0 Å². The molecule has 184 valence electrons. The van der Waals surface area contributed by atoms with Crippen LogP contribution in [-0.2, 0) is 10.0 Å². The van der Waals surface area contributed by atoms with Gasteiger partial charge in [-0.25, -0.2) is 13.4 Å². The highest BCUT2D eigenvalue weighted by molar-refractivity contribution is 7.92. The predicted molar refractivity (Wildman–Crippen MR) is 133 cm³/mol. The van der Waals surface area contributed by atoms with Gasteiger partial charge in [-0.3, -0.25) is 19.6 Å². The van der Waals surface area contributed by atoms with Crippen LogP contribution in [0.3, 0.4) is 0 Å². The fraction of sp³-hybridized carbons (Fsp3) is 0.0870. The van der Waals surface area contributed by atoms with Crippen molar-refractivity contribution < 1.29 is 27.5 Å². The Kier molecular flexibility index (Phi) is 6.08. The van der Waals surface area contributed by atoms with Gasteiger partial charge >= 0.3 is 0 Å². The molecule has 5 N–H and O–H groups in total. The summed E-state index contributed by atoms with van der Waals surface area (Å²) in [4.78, 5) is 31.4. The number of thiazole rings is 1. The average molecular weight is 526 g/mol. The SMILES string of the molecule is NC(=O)c1cc(-c2csc(NC(=O)c3ccccc3NS(=O)(=O)c3ccc4c(c3)OCCO4)n2)c[nH]1. The summed E-state index contributed by atoms with van der Waals surface area (Å²) in [5.74, 6) is -0.350. The first-order valence-corrected chi connectivity index (χ1v) is 12.9. The number of para-hydroxylation sites is 1. The van der Waals surface area contributed by atoms with Crippen LogP contribution in [-0.4, -0.2) is 43.4 Å². The van der Waals surface area contributed by atoms with E-state index in [0.29, 0.717) is 41.1 Å². The monoisotopic (exact) mass is 525 g/mol. The molecular weight excluding hydrogens is 506 g/mol. The molecule has 0 fully saturated rings. The quantitative estimate of drug-likeness (QED) is 0.288. The van der Waals surface area contributed by atoms with Crippen molar-refractivity contribution in [2.45, 2.75) is 4.90 Å². The van der Waals surface area contributed by atoms with Gasteiger partial charge < -0.3 is 20.2 Å². The molecule has 36 heavy (non-hydrogen) atoms. The first-order chi connectivity index (χ1) is 17.3. The first-order valence-electron chi connectivity index (χ1n) is 10.6. The zero-order chi connectivity index (χ0) is 25.3. The molecule has 0 unspecified atom stereocenters. The van der Waals surface area contributed by atoms with E-state index in [4.69, 9.17) is 15.2 Å². The maximum atomic E-state index is 13.0. The molecule has 0 spiro atoms. The highest BCUT2D eigenvalue weighted by atomic mass is 32.2. The normalized spacial score (nSPS) is 12.7. The van der Waals surface area contributed by atoms with Crippen molar-refractivity contribution in [3.8, 4) is 22.8 Å². The van der Waals surface area contributed by atoms with Crippen LogP contribution in [0.4, 0.5) is 10.8 Å². The second kappa shape index (κ2) is 9.36. The van der Waals surface area contributed by atoms with Crippen LogP contribution >= 0.6 is 11.3 Å². The number of nitrogens with one attached hydrogen (secondary N) is 3. The molecule has 2 aromatic carbocycles. The summed E-state index contributed by atoms with van der Waals surface area (Å²) in [6, 6.07) is 12.1. The number of carbonyl (C=O) groups is 2. The summed E-state index contributed by atoms with van der Waals surface area (Å²) in [7, 11) is -4.03. The molecule has 2 amide bonds. The van der Waals surface area contributed by atoms with E-state index in [9.17, 15) is 18.0 Å². The standard InChI is InChI=1S/C23H19N5O6S2/c24-21(29)17-9-13(11-25-17)18-12-35-23(26-18)27-22(30)15-3-1-2-4-16(15)28-36(31,32)14-5-6-19-20(10-14)34-8-7-33-19/h1-6,9-12,25,28H,7-8H2,(H2,24,29)(H,26,27,30). The molecule has 2 aromatic heterocycles. The van der Waals surface area contributed by atoms with E-state index in [1.54, 1.807) is 29.8 Å². The molecule has 1 aliphatic heterocycles. The lowest BCUT2D eigenvalue weighted by atomic mass is 10.2. The van der Waals surface area contributed by atoms with Gasteiger partial charge in [0.15, 0.2) is 16.6 Å². The summed E-state index contributed by atoms with van der Waals surface area (Å²) < 4.78 is 39.5. The number of rotatable bonds is 7. The van der Waals surface area contributed by atoms with Gasteiger partial charge in [0.2, 0.25) is 0 Å². The summed E-state index contributed by atoms with van der Waals surface area (Å²) in [5, 5.41) is 4.68. The molecule has 11 nitrogen and oxygen atoms in total. The number of hydrogen-bond acceptors (Lipinski definition) is 8. The molecule has 0 saturated carbocycles. The maximum Gasteiger partial charge on any atom is 0.265 e. The van der Waals surface area contributed by atoms with Crippen LogP contribution in [0.25, 0.3) is 11.3 Å². The zero-order valence-electron chi connectivity index (χ0n) is 18.5. The Balaban J connectivity index is 1.34. The number of fused-ring (bicyclic) bond motifs is 1. The second-order valence-corrected chi connectivity index (χ2v) is 10.2. The van der Waals surface area contributed by atoms with Gasteiger partial charge in [0.05, 0.1) is 21.8 Å². The summed E-state index contributed by atoms with van der Waals surface area (Å²) in [5.41, 5.74) is 6.87. The highest BCUT2D eigenvalue weighted by Crippen LogP contribution is 2.33. The number of benzene rings is 2. The van der Waals surface area contributed by atoms with Crippen molar-refractivity contribution in [1.29, 1.82) is 0 Å². The Bertz CT molecular complexity index is 1580. The first kappa shape index (κ1) is 23.4. The summed E-state index contributed by atoms with van der Waals surface area (Å²) in [6.07, 6.45) is 1.59. The largest absolute Gasteiger partial charge is 0.486 e. The number of carbonyl (C=O) groups excluding carboxylic acids is 2. The van der Waals surface area contributed by atoms with Crippen molar-refractivity contribution in [1.82, 2.24) is 9.97 Å². The minimum absolute atomic E-state index is 0.0339. The fourth-order valence-corrected chi connectivity index (χ4v) is 5.29. The van der Waals surface area contributed by atoms with Gasteiger partial charge in [-0.15, -0.1) is 11.3 Å². The third-order valence-electron chi connectivity index (χ3n) is 5.21. The topological polar surface area (TPSA) is 165 Å². The lowest BCUT2D eigenvalue weighted by molar-refractivity contribution is 0.0994. The van der Waals surface area contributed by atoms with Gasteiger partial charge in [0.25, 0.3) is 21.8 Å². The van der Waals surface area contributed by atoms with Crippen LogP contribution in [0.5, 0.6) is 11.5 Å². The number of amides is 2. The third-order valence-corrected chi connectivity index (χ3v) is 7.33. The van der Waals surface area contributed by atoms with Gasteiger partial charge in [0.1, 0.15) is 18.9 Å². The van der Waals surface area contributed by atoms with E-state index in [2.05, 4.69) is 20.0 Å². The molecule has 0 atom stereocenters. The second-order valence-electron chi connectivity index (χ2n) is 7.61. The van der Waals surface area contributed by atoms with E-state index < -0.39 is 21.8 Å². The Labute approximate surface area is 209 Å². The Morgan fingerprint density at radius 1 is 1.06 bits per heavy atom. The number of ether oxygens (including phenoxy) is 2. The van der Waals surface area contributed by atoms with E-state index in [1.165, 1.54) is 41.7 Å². The molecule has 1 aliphatic rings. The van der Waals surface area contributed by atoms with Crippen LogP contribution in [0.1, 0.15) is 20.8 Å². The molecule has 13 heteroatoms. The summed E-state index contributed by atoms with van der Waals surface area (Å²) in [6.45, 7) is 0.710. The minimum Gasteiger partial charge on any atom is -0.486 e. The van der Waals surface area contributed by atoms with Crippen LogP contribution < -0.4 is 25.2 Å². The van der Waals surface area contributed by atoms with E-state index >= 15 is 0 Å². The fourth-order valence-electron chi connectivity index (χ4n) is 3.48. The number of sulfonamides is 1. The minimum atomic E-state index is -4.03. The molecule has 0 bridgehead atoms. The molecule has 4 aromatic rings. The number of nitrogens with zero attached hydrogens (tertiary/aromatic N) is 1. The predicted octanol–water partition coefficient (Wildman–Crippen LogP) is 3.06. The third kappa shape index (κ3) is 4.74. The number of aromatic nitrogens is 2. The van der Waals surface area contributed by atoms with Gasteiger partial charge in [-0.05, 0) is 30.3 Å². The van der Waals surface area contributed by atoms with Gasteiger partial charge in [0, 0.05) is 23.2 Å². The van der Waals surface area contributed by atoms with E-state index in [-0.39, 0.29) is 21.8 Å². The smallest absolute Gasteiger partial charge is 0.265 e. The van der Waals surface area contributed by atoms with Gasteiger partial charge in [-0.2, -0.15) is 0 Å². The Hall–Kier alpha value is -4.36. The molecule has 3 heterocycles. The van der Waals surface area contributed by atoms with Gasteiger partial charge in [-0.1, -0.05) is 12.1 Å². The molecule has 0 aliphatic carbocycles. The maximum absolute atomic E-state index is 13.0. The Morgan fingerprint density at radius 2 is 1.83 bits per heavy atom. The number of hydrogen-bond donors (Lipinski definition) is 4. The van der Waals surface area contributed by atoms with Crippen molar-refractivity contribution in [2.24, 2.45) is 5.73 Å². The molecule has 0 radical (unpaired) electrons. The number of primary amides is 1. The van der Waals surface area contributed by atoms with Crippen molar-refractivity contribution in [3.63, 3.8) is 0 Å².